The Bertz CT molecular complexity index is 317. The zero-order valence-electron chi connectivity index (χ0n) is 12.3. The summed E-state index contributed by atoms with van der Waals surface area (Å²) >= 11 is 0. The highest BCUT2D eigenvalue weighted by molar-refractivity contribution is 5.72. The minimum atomic E-state index is -0.0558. The van der Waals surface area contributed by atoms with E-state index in [1.807, 2.05) is 13.8 Å². The van der Waals surface area contributed by atoms with E-state index in [4.69, 9.17) is 4.74 Å². The summed E-state index contributed by atoms with van der Waals surface area (Å²) in [6.07, 6.45) is 8.43. The van der Waals surface area contributed by atoms with Crippen LogP contribution in [0, 0.1) is 23.7 Å². The van der Waals surface area contributed by atoms with Crippen LogP contribution in [-0.2, 0) is 9.53 Å². The second kappa shape index (κ2) is 5.08. The Balaban J connectivity index is 1.56. The van der Waals surface area contributed by atoms with Gasteiger partial charge in [-0.1, -0.05) is 6.92 Å². The minimum Gasteiger partial charge on any atom is -0.466 e. The quantitative estimate of drug-likeness (QED) is 0.777. The van der Waals surface area contributed by atoms with Gasteiger partial charge in [-0.3, -0.25) is 4.79 Å². The van der Waals surface area contributed by atoms with E-state index in [-0.39, 0.29) is 11.9 Å². The fourth-order valence-electron chi connectivity index (χ4n) is 5.06. The van der Waals surface area contributed by atoms with Gasteiger partial charge in [0.05, 0.1) is 12.5 Å². The number of hydrogen-bond acceptors (Lipinski definition) is 3. The molecule has 4 bridgehead atoms. The summed E-state index contributed by atoms with van der Waals surface area (Å²) in [6.45, 7) is 5.12. The molecule has 3 nitrogen and oxygen atoms in total. The Morgan fingerprint density at radius 3 is 2.21 bits per heavy atom. The molecule has 108 valence electrons. The van der Waals surface area contributed by atoms with Gasteiger partial charge in [-0.05, 0) is 63.2 Å². The standard InChI is InChI=1S/C16H27NO2/c1-3-19-15(18)11(2)10-17-16-7-12-4-13(8-16)6-14(5-12)9-16/h11-14,17H,3-10H2,1-2H3. The van der Waals surface area contributed by atoms with Gasteiger partial charge in [-0.2, -0.15) is 0 Å². The van der Waals surface area contributed by atoms with Crippen LogP contribution in [0.5, 0.6) is 0 Å². The Kier molecular flexibility index (Phi) is 3.59. The number of nitrogens with one attached hydrogen (secondary N) is 1. The van der Waals surface area contributed by atoms with Crippen LogP contribution in [0.15, 0.2) is 0 Å². The fourth-order valence-corrected chi connectivity index (χ4v) is 5.06. The average molecular weight is 265 g/mol. The molecule has 4 aliphatic rings. The van der Waals surface area contributed by atoms with E-state index in [0.717, 1.165) is 24.3 Å². The molecule has 4 rings (SSSR count). The lowest BCUT2D eigenvalue weighted by atomic mass is 9.53. The Labute approximate surface area is 116 Å². The largest absolute Gasteiger partial charge is 0.466 e. The second-order valence-electron chi connectivity index (χ2n) is 7.23. The van der Waals surface area contributed by atoms with E-state index in [0.29, 0.717) is 12.1 Å². The first kappa shape index (κ1) is 13.4. The number of carbonyl (C=O) groups excluding carboxylic acids is 1. The zero-order chi connectivity index (χ0) is 13.5. The van der Waals surface area contributed by atoms with Gasteiger partial charge in [0.15, 0.2) is 0 Å². The van der Waals surface area contributed by atoms with Crippen molar-refractivity contribution in [3.05, 3.63) is 0 Å². The maximum absolute atomic E-state index is 11.7. The van der Waals surface area contributed by atoms with Crippen LogP contribution in [0.25, 0.3) is 0 Å². The van der Waals surface area contributed by atoms with E-state index in [2.05, 4.69) is 5.32 Å². The van der Waals surface area contributed by atoms with Gasteiger partial charge in [0, 0.05) is 12.1 Å². The van der Waals surface area contributed by atoms with Gasteiger partial charge in [0.25, 0.3) is 0 Å². The van der Waals surface area contributed by atoms with Crippen molar-refractivity contribution in [1.82, 2.24) is 5.32 Å². The van der Waals surface area contributed by atoms with Crippen LogP contribution < -0.4 is 5.32 Å². The zero-order valence-corrected chi connectivity index (χ0v) is 12.3. The lowest BCUT2D eigenvalue weighted by Crippen LogP contribution is -2.59. The number of carbonyl (C=O) groups is 1. The molecule has 0 aromatic heterocycles. The maximum Gasteiger partial charge on any atom is 0.309 e. The number of hydrogen-bond donors (Lipinski definition) is 1. The third kappa shape index (κ3) is 2.67. The van der Waals surface area contributed by atoms with Crippen LogP contribution in [0.3, 0.4) is 0 Å². The van der Waals surface area contributed by atoms with Crippen molar-refractivity contribution in [2.75, 3.05) is 13.2 Å². The summed E-state index contributed by atoms with van der Waals surface area (Å²) in [7, 11) is 0. The third-order valence-corrected chi connectivity index (χ3v) is 5.51. The molecule has 0 heterocycles. The van der Waals surface area contributed by atoms with Crippen LogP contribution in [0.2, 0.25) is 0 Å². The molecule has 0 saturated heterocycles. The molecule has 0 aromatic carbocycles. The van der Waals surface area contributed by atoms with Crippen LogP contribution in [0.4, 0.5) is 0 Å². The third-order valence-electron chi connectivity index (χ3n) is 5.51. The van der Waals surface area contributed by atoms with Gasteiger partial charge >= 0.3 is 5.97 Å². The Morgan fingerprint density at radius 2 is 1.74 bits per heavy atom. The molecular formula is C16H27NO2. The molecule has 4 aliphatic carbocycles. The van der Waals surface area contributed by atoms with Crippen molar-refractivity contribution in [3.63, 3.8) is 0 Å². The van der Waals surface area contributed by atoms with Gasteiger partial charge < -0.3 is 10.1 Å². The molecule has 4 saturated carbocycles. The topological polar surface area (TPSA) is 38.3 Å². The van der Waals surface area contributed by atoms with Gasteiger partial charge in [-0.15, -0.1) is 0 Å². The molecule has 1 unspecified atom stereocenters. The van der Waals surface area contributed by atoms with Crippen LogP contribution in [0.1, 0.15) is 52.4 Å². The molecule has 4 fully saturated rings. The normalized spacial score (nSPS) is 41.3. The van der Waals surface area contributed by atoms with Crippen LogP contribution >= 0.6 is 0 Å². The summed E-state index contributed by atoms with van der Waals surface area (Å²) in [5.41, 5.74) is 0.357. The van der Waals surface area contributed by atoms with Crippen molar-refractivity contribution >= 4 is 5.97 Å². The lowest BCUT2D eigenvalue weighted by molar-refractivity contribution is -0.147. The fraction of sp³-hybridized carbons (Fsp3) is 0.938. The van der Waals surface area contributed by atoms with Gasteiger partial charge in [-0.25, -0.2) is 0 Å². The summed E-state index contributed by atoms with van der Waals surface area (Å²) in [6, 6.07) is 0. The Hall–Kier alpha value is -0.570. The molecule has 19 heavy (non-hydrogen) atoms. The Morgan fingerprint density at radius 1 is 1.21 bits per heavy atom. The van der Waals surface area contributed by atoms with E-state index in [9.17, 15) is 4.79 Å². The van der Waals surface area contributed by atoms with Crippen LogP contribution in [-0.4, -0.2) is 24.7 Å². The molecule has 0 spiro atoms. The van der Waals surface area contributed by atoms with Gasteiger partial charge in [0.1, 0.15) is 0 Å². The maximum atomic E-state index is 11.7. The van der Waals surface area contributed by atoms with Crippen molar-refractivity contribution in [2.45, 2.75) is 57.9 Å². The molecule has 0 radical (unpaired) electrons. The predicted molar refractivity (Wildman–Crippen MR) is 74.7 cm³/mol. The highest BCUT2D eigenvalue weighted by atomic mass is 16.5. The lowest BCUT2D eigenvalue weighted by Gasteiger charge is -2.57. The first-order valence-corrected chi connectivity index (χ1v) is 8.02. The number of ether oxygens (including phenoxy) is 1. The summed E-state index contributed by atoms with van der Waals surface area (Å²) < 4.78 is 5.10. The molecule has 0 amide bonds. The van der Waals surface area contributed by atoms with Gasteiger partial charge in [0.2, 0.25) is 0 Å². The van der Waals surface area contributed by atoms with Crippen molar-refractivity contribution < 1.29 is 9.53 Å². The van der Waals surface area contributed by atoms with Crippen molar-refractivity contribution in [1.29, 1.82) is 0 Å². The van der Waals surface area contributed by atoms with E-state index in [1.165, 1.54) is 38.5 Å². The summed E-state index contributed by atoms with van der Waals surface area (Å²) in [5, 5.41) is 3.77. The first-order valence-electron chi connectivity index (χ1n) is 8.02. The summed E-state index contributed by atoms with van der Waals surface area (Å²) in [5.74, 6) is 2.79. The second-order valence-corrected chi connectivity index (χ2v) is 7.23. The first-order chi connectivity index (χ1) is 9.10. The van der Waals surface area contributed by atoms with Crippen molar-refractivity contribution in [2.24, 2.45) is 23.7 Å². The highest BCUT2D eigenvalue weighted by Crippen LogP contribution is 2.55. The van der Waals surface area contributed by atoms with E-state index < -0.39 is 0 Å². The molecule has 0 aliphatic heterocycles. The average Bonchev–Trinajstić information content (AvgIpc) is 2.34. The molecular weight excluding hydrogens is 238 g/mol. The SMILES string of the molecule is CCOC(=O)C(C)CNC12CC3CC(CC(C3)C1)C2. The van der Waals surface area contributed by atoms with E-state index in [1.54, 1.807) is 0 Å². The van der Waals surface area contributed by atoms with Crippen molar-refractivity contribution in [3.8, 4) is 0 Å². The van der Waals surface area contributed by atoms with E-state index >= 15 is 0 Å². The molecule has 1 atom stereocenters. The monoisotopic (exact) mass is 265 g/mol. The predicted octanol–water partition coefficient (Wildman–Crippen LogP) is 2.74. The summed E-state index contributed by atoms with van der Waals surface area (Å²) in [4.78, 5) is 11.7. The molecule has 3 heteroatoms. The number of esters is 1. The molecule has 0 aromatic rings. The number of rotatable bonds is 5. The molecule has 1 N–H and O–H groups in total. The highest BCUT2D eigenvalue weighted by Gasteiger charge is 2.50. The minimum absolute atomic E-state index is 0.0204. The smallest absolute Gasteiger partial charge is 0.309 e.